The smallest absolute Gasteiger partial charge is 0.116 e. The molecule has 2 rings (SSSR count). The molecular formula is C19H24O2. The van der Waals surface area contributed by atoms with Crippen molar-refractivity contribution in [2.24, 2.45) is 0 Å². The lowest BCUT2D eigenvalue weighted by atomic mass is 9.98. The van der Waals surface area contributed by atoms with E-state index < -0.39 is 0 Å². The number of phenolic OH excluding ortho intramolecular Hbond substituents is 1. The van der Waals surface area contributed by atoms with Gasteiger partial charge in [0.15, 0.2) is 0 Å². The molecule has 1 unspecified atom stereocenters. The summed E-state index contributed by atoms with van der Waals surface area (Å²) in [6.45, 7) is 2.17. The highest BCUT2D eigenvalue weighted by atomic mass is 16.3. The third-order valence-electron chi connectivity index (χ3n) is 3.72. The zero-order valence-corrected chi connectivity index (χ0v) is 12.6. The molecule has 2 aromatic rings. The topological polar surface area (TPSA) is 40.5 Å². The summed E-state index contributed by atoms with van der Waals surface area (Å²) < 4.78 is 0. The van der Waals surface area contributed by atoms with Crippen molar-refractivity contribution < 1.29 is 10.2 Å². The van der Waals surface area contributed by atoms with E-state index in [2.05, 4.69) is 19.1 Å². The van der Waals surface area contributed by atoms with Crippen molar-refractivity contribution in [2.45, 2.75) is 45.1 Å². The van der Waals surface area contributed by atoms with Gasteiger partial charge in [0.05, 0.1) is 6.10 Å². The maximum absolute atomic E-state index is 10.1. The Kier molecular flexibility index (Phi) is 5.82. The molecule has 0 fully saturated rings. The second-order valence-electron chi connectivity index (χ2n) is 5.60. The highest BCUT2D eigenvalue weighted by Crippen LogP contribution is 2.24. The van der Waals surface area contributed by atoms with Gasteiger partial charge in [-0.2, -0.15) is 0 Å². The molecule has 2 heteroatoms. The zero-order chi connectivity index (χ0) is 15.1. The molecule has 21 heavy (non-hydrogen) atoms. The number of hydrogen-bond donors (Lipinski definition) is 2. The summed E-state index contributed by atoms with van der Waals surface area (Å²) in [6.07, 6.45) is 4.74. The minimum atomic E-state index is -0.268. The first-order valence-electron chi connectivity index (χ1n) is 7.75. The van der Waals surface area contributed by atoms with Gasteiger partial charge in [-0.05, 0) is 41.7 Å². The number of rotatable bonds is 7. The second kappa shape index (κ2) is 7.84. The van der Waals surface area contributed by atoms with Crippen LogP contribution in [0.2, 0.25) is 0 Å². The van der Waals surface area contributed by atoms with Crippen molar-refractivity contribution in [1.82, 2.24) is 0 Å². The van der Waals surface area contributed by atoms with Gasteiger partial charge in [0.2, 0.25) is 0 Å². The van der Waals surface area contributed by atoms with Crippen molar-refractivity contribution in [3.63, 3.8) is 0 Å². The molecule has 0 saturated carbocycles. The first kappa shape index (κ1) is 15.6. The van der Waals surface area contributed by atoms with E-state index in [9.17, 15) is 10.2 Å². The van der Waals surface area contributed by atoms with Crippen molar-refractivity contribution in [1.29, 1.82) is 0 Å². The van der Waals surface area contributed by atoms with Crippen LogP contribution < -0.4 is 0 Å². The lowest BCUT2D eigenvalue weighted by Crippen LogP contribution is -2.10. The van der Waals surface area contributed by atoms with Crippen LogP contribution in [0.25, 0.3) is 11.1 Å². The molecule has 0 aliphatic heterocycles. The number of phenols is 1. The quantitative estimate of drug-likeness (QED) is 0.733. The van der Waals surface area contributed by atoms with Crippen molar-refractivity contribution in [3.8, 4) is 16.9 Å². The van der Waals surface area contributed by atoms with Gasteiger partial charge in [-0.15, -0.1) is 0 Å². The lowest BCUT2D eigenvalue weighted by molar-refractivity contribution is 0.161. The standard InChI is InChI=1S/C19H24O2/c1-2-3-4-10-18(20)13-15-7-5-8-16(12-15)17-9-6-11-19(21)14-17/h5-9,11-12,14,18,20-21H,2-4,10,13H2,1H3. The van der Waals surface area contributed by atoms with Gasteiger partial charge in [0, 0.05) is 0 Å². The van der Waals surface area contributed by atoms with Gasteiger partial charge in [-0.1, -0.05) is 62.6 Å². The summed E-state index contributed by atoms with van der Waals surface area (Å²) in [4.78, 5) is 0. The van der Waals surface area contributed by atoms with E-state index >= 15 is 0 Å². The van der Waals surface area contributed by atoms with Crippen LogP contribution in [0.5, 0.6) is 5.75 Å². The van der Waals surface area contributed by atoms with E-state index in [1.54, 1.807) is 12.1 Å². The van der Waals surface area contributed by atoms with Gasteiger partial charge < -0.3 is 10.2 Å². The summed E-state index contributed by atoms with van der Waals surface area (Å²) >= 11 is 0. The van der Waals surface area contributed by atoms with E-state index in [0.717, 1.165) is 29.5 Å². The molecule has 112 valence electrons. The minimum Gasteiger partial charge on any atom is -0.508 e. The molecule has 1 atom stereocenters. The van der Waals surface area contributed by atoms with E-state index in [1.807, 2.05) is 24.3 Å². The summed E-state index contributed by atoms with van der Waals surface area (Å²) in [6, 6.07) is 15.4. The Balaban J connectivity index is 2.04. The predicted molar refractivity (Wildman–Crippen MR) is 87.4 cm³/mol. The van der Waals surface area contributed by atoms with Gasteiger partial charge in [-0.25, -0.2) is 0 Å². The molecule has 0 bridgehead atoms. The van der Waals surface area contributed by atoms with E-state index in [1.165, 1.54) is 12.8 Å². The molecule has 2 N–H and O–H groups in total. The number of aliphatic hydroxyl groups excluding tert-OH is 1. The highest BCUT2D eigenvalue weighted by Gasteiger charge is 2.07. The molecule has 0 spiro atoms. The molecule has 0 saturated heterocycles. The molecule has 0 aliphatic rings. The second-order valence-corrected chi connectivity index (χ2v) is 5.60. The Morgan fingerprint density at radius 3 is 2.38 bits per heavy atom. The monoisotopic (exact) mass is 284 g/mol. The first-order valence-corrected chi connectivity index (χ1v) is 7.75. The number of benzene rings is 2. The first-order chi connectivity index (χ1) is 10.2. The Bertz CT molecular complexity index is 563. The van der Waals surface area contributed by atoms with Gasteiger partial charge >= 0.3 is 0 Å². The maximum Gasteiger partial charge on any atom is 0.116 e. The van der Waals surface area contributed by atoms with Gasteiger partial charge in [-0.3, -0.25) is 0 Å². The average Bonchev–Trinajstić information content (AvgIpc) is 2.48. The largest absolute Gasteiger partial charge is 0.508 e. The minimum absolute atomic E-state index is 0.268. The summed E-state index contributed by atoms with van der Waals surface area (Å²) in [5.74, 6) is 0.275. The fourth-order valence-corrected chi connectivity index (χ4v) is 2.57. The normalized spacial score (nSPS) is 12.3. The molecule has 0 aliphatic carbocycles. The van der Waals surface area contributed by atoms with Crippen LogP contribution in [0.3, 0.4) is 0 Å². The fourth-order valence-electron chi connectivity index (χ4n) is 2.57. The van der Waals surface area contributed by atoms with E-state index in [4.69, 9.17) is 0 Å². The number of aromatic hydroxyl groups is 1. The van der Waals surface area contributed by atoms with Crippen LogP contribution in [0.15, 0.2) is 48.5 Å². The van der Waals surface area contributed by atoms with Crippen molar-refractivity contribution >= 4 is 0 Å². The predicted octanol–water partition coefficient (Wildman–Crippen LogP) is 4.54. The third-order valence-corrected chi connectivity index (χ3v) is 3.72. The lowest BCUT2D eigenvalue weighted by Gasteiger charge is -2.11. The molecule has 0 heterocycles. The van der Waals surface area contributed by atoms with Crippen molar-refractivity contribution in [3.05, 3.63) is 54.1 Å². The van der Waals surface area contributed by atoms with Crippen LogP contribution in [0.1, 0.15) is 38.2 Å². The SMILES string of the molecule is CCCCCC(O)Cc1cccc(-c2cccc(O)c2)c1. The van der Waals surface area contributed by atoms with E-state index in [-0.39, 0.29) is 11.9 Å². The molecule has 0 radical (unpaired) electrons. The maximum atomic E-state index is 10.1. The Morgan fingerprint density at radius 2 is 1.67 bits per heavy atom. The summed E-state index contributed by atoms with van der Waals surface area (Å²) in [7, 11) is 0. The number of aliphatic hydroxyl groups is 1. The van der Waals surface area contributed by atoms with Gasteiger partial charge in [0.1, 0.15) is 5.75 Å². The van der Waals surface area contributed by atoms with E-state index in [0.29, 0.717) is 6.42 Å². The summed E-state index contributed by atoms with van der Waals surface area (Å²) in [5.41, 5.74) is 3.21. The Hall–Kier alpha value is -1.80. The Labute approximate surface area is 127 Å². The fraction of sp³-hybridized carbons (Fsp3) is 0.368. The van der Waals surface area contributed by atoms with Gasteiger partial charge in [0.25, 0.3) is 0 Å². The van der Waals surface area contributed by atoms with Crippen LogP contribution in [-0.2, 0) is 6.42 Å². The molecular weight excluding hydrogens is 260 g/mol. The van der Waals surface area contributed by atoms with Crippen LogP contribution >= 0.6 is 0 Å². The number of unbranched alkanes of at least 4 members (excludes halogenated alkanes) is 2. The third kappa shape index (κ3) is 4.91. The average molecular weight is 284 g/mol. The summed E-state index contributed by atoms with van der Waals surface area (Å²) in [5, 5.41) is 19.7. The molecule has 2 nitrogen and oxygen atoms in total. The highest BCUT2D eigenvalue weighted by molar-refractivity contribution is 5.65. The van der Waals surface area contributed by atoms with Crippen LogP contribution in [0, 0.1) is 0 Å². The van der Waals surface area contributed by atoms with Crippen LogP contribution in [-0.4, -0.2) is 16.3 Å². The number of hydrogen-bond acceptors (Lipinski definition) is 2. The zero-order valence-electron chi connectivity index (χ0n) is 12.6. The molecule has 0 amide bonds. The molecule has 0 aromatic heterocycles. The van der Waals surface area contributed by atoms with Crippen LogP contribution in [0.4, 0.5) is 0 Å². The Morgan fingerprint density at radius 1 is 0.952 bits per heavy atom. The molecule has 2 aromatic carbocycles. The van der Waals surface area contributed by atoms with Crippen molar-refractivity contribution in [2.75, 3.05) is 0 Å².